The first kappa shape index (κ1) is 43.0. The van der Waals surface area contributed by atoms with Crippen LogP contribution in [0.5, 0.6) is 0 Å². The van der Waals surface area contributed by atoms with E-state index in [0.717, 1.165) is 77.8 Å². The van der Waals surface area contributed by atoms with Crippen molar-refractivity contribution in [1.29, 1.82) is 0 Å². The van der Waals surface area contributed by atoms with E-state index in [2.05, 4.69) is 48.1 Å². The van der Waals surface area contributed by atoms with Crippen molar-refractivity contribution >= 4 is 18.0 Å². The lowest BCUT2D eigenvalue weighted by Gasteiger charge is -2.27. The van der Waals surface area contributed by atoms with Crippen LogP contribution in [0.25, 0.3) is 0 Å². The summed E-state index contributed by atoms with van der Waals surface area (Å²) in [6.45, 7) is 35.2. The third-order valence-electron chi connectivity index (χ3n) is 7.01. The molecular formula is C34H70N6O5. The lowest BCUT2D eigenvalue weighted by atomic mass is 10.2. The van der Waals surface area contributed by atoms with Crippen molar-refractivity contribution in [2.75, 3.05) is 78.5 Å². The molecule has 0 aromatic heterocycles. The zero-order chi connectivity index (χ0) is 34.6. The summed E-state index contributed by atoms with van der Waals surface area (Å²) in [6, 6.07) is 1.27. The Morgan fingerprint density at radius 1 is 0.533 bits per heavy atom. The van der Waals surface area contributed by atoms with Crippen molar-refractivity contribution in [3.05, 3.63) is 0 Å². The van der Waals surface area contributed by atoms with E-state index in [0.29, 0.717) is 6.04 Å². The van der Waals surface area contributed by atoms with Gasteiger partial charge in [-0.2, -0.15) is 0 Å². The first-order chi connectivity index (χ1) is 20.8. The van der Waals surface area contributed by atoms with Gasteiger partial charge in [-0.25, -0.2) is 9.59 Å². The molecular weight excluding hydrogens is 572 g/mol. The number of amides is 2. The molecule has 2 amide bonds. The minimum atomic E-state index is -0.402. The van der Waals surface area contributed by atoms with E-state index < -0.39 is 11.2 Å². The predicted octanol–water partition coefficient (Wildman–Crippen LogP) is 4.84. The van der Waals surface area contributed by atoms with Gasteiger partial charge in [0.05, 0.1) is 0 Å². The maximum Gasteiger partial charge on any atom is 0.410 e. The highest BCUT2D eigenvalue weighted by Gasteiger charge is 2.25. The van der Waals surface area contributed by atoms with Crippen LogP contribution in [0.2, 0.25) is 0 Å². The summed E-state index contributed by atoms with van der Waals surface area (Å²) in [5.74, 6) is 0.167. The molecule has 266 valence electrons. The zero-order valence-electron chi connectivity index (χ0n) is 31.1. The van der Waals surface area contributed by atoms with Crippen molar-refractivity contribution in [3.8, 4) is 0 Å². The lowest BCUT2D eigenvalue weighted by Crippen LogP contribution is -2.40. The standard InChI is InChI=1S/C13H26N2O2.C10H20N2O2.C8H18N2.C3H6O/c1-11(2)14-7-6-8-15(10-9-14)12(16)17-13(3,4)5;1-10(2,3)14-9(13)12-7-4-5-11-6-8-12;1-8(2)10-6-3-4-9-5-7-10;1-3(2)4/h11H,6-10H2,1-5H3;11H,4-8H2,1-3H3;8-9H,3-7H2,1-2H3;1-2H3. The minimum Gasteiger partial charge on any atom is -0.444 e. The molecule has 11 nitrogen and oxygen atoms in total. The maximum absolute atomic E-state index is 11.9. The molecule has 3 aliphatic rings. The summed E-state index contributed by atoms with van der Waals surface area (Å²) >= 11 is 0. The molecule has 0 atom stereocenters. The second-order valence-corrected chi connectivity index (χ2v) is 14.7. The number of ether oxygens (including phenoxy) is 2. The highest BCUT2D eigenvalue weighted by atomic mass is 16.6. The number of carbonyl (C=O) groups is 3. The molecule has 3 fully saturated rings. The molecule has 11 heteroatoms. The number of hydrogen-bond donors (Lipinski definition) is 2. The molecule has 0 bridgehead atoms. The Morgan fingerprint density at radius 2 is 0.911 bits per heavy atom. The molecule has 0 spiro atoms. The van der Waals surface area contributed by atoms with Crippen LogP contribution in [-0.2, 0) is 14.3 Å². The molecule has 0 saturated carbocycles. The molecule has 0 aromatic rings. The van der Waals surface area contributed by atoms with Gasteiger partial charge in [0.15, 0.2) is 0 Å². The average Bonchev–Trinajstić information content (AvgIpc) is 3.42. The second kappa shape index (κ2) is 22.6. The number of Topliss-reactive ketones (excluding diaryl/α,β-unsaturated/α-hetero) is 1. The lowest BCUT2D eigenvalue weighted by molar-refractivity contribution is -0.115. The van der Waals surface area contributed by atoms with Crippen molar-refractivity contribution in [1.82, 2.24) is 30.2 Å². The predicted molar refractivity (Wildman–Crippen MR) is 185 cm³/mol. The second-order valence-electron chi connectivity index (χ2n) is 14.7. The SMILES string of the molecule is CC(C)(C)OC(=O)N1CCCNCC1.CC(C)=O.CC(C)N1CCCN(C(=O)OC(C)(C)C)CC1.CC(C)N1CCCNCC1. The van der Waals surface area contributed by atoms with Crippen LogP contribution in [0.3, 0.4) is 0 Å². The maximum atomic E-state index is 11.9. The van der Waals surface area contributed by atoms with E-state index in [4.69, 9.17) is 9.47 Å². The fourth-order valence-electron chi connectivity index (χ4n) is 4.70. The molecule has 45 heavy (non-hydrogen) atoms. The summed E-state index contributed by atoms with van der Waals surface area (Å²) in [5, 5.41) is 6.64. The van der Waals surface area contributed by atoms with E-state index in [1.54, 1.807) is 4.90 Å². The monoisotopic (exact) mass is 643 g/mol. The zero-order valence-corrected chi connectivity index (χ0v) is 31.1. The van der Waals surface area contributed by atoms with Crippen LogP contribution < -0.4 is 10.6 Å². The highest BCUT2D eigenvalue weighted by molar-refractivity contribution is 5.72. The number of nitrogens with zero attached hydrogens (tertiary/aromatic N) is 4. The van der Waals surface area contributed by atoms with E-state index >= 15 is 0 Å². The molecule has 3 heterocycles. The fourth-order valence-corrected chi connectivity index (χ4v) is 4.70. The Balaban J connectivity index is 0.000000624. The Hall–Kier alpha value is -1.95. The van der Waals surface area contributed by atoms with Crippen LogP contribution in [0.4, 0.5) is 9.59 Å². The Kier molecular flexibility index (Phi) is 21.6. The topological polar surface area (TPSA) is 107 Å². The highest BCUT2D eigenvalue weighted by Crippen LogP contribution is 2.13. The van der Waals surface area contributed by atoms with Crippen molar-refractivity contribution in [2.45, 2.75) is 126 Å². The normalized spacial score (nSPS) is 18.9. The van der Waals surface area contributed by atoms with Gasteiger partial charge in [0.2, 0.25) is 0 Å². The molecule has 0 unspecified atom stereocenters. The molecule has 3 rings (SSSR count). The van der Waals surface area contributed by atoms with E-state index in [1.165, 1.54) is 39.9 Å². The van der Waals surface area contributed by atoms with E-state index in [-0.39, 0.29) is 18.0 Å². The molecule has 3 saturated heterocycles. The van der Waals surface area contributed by atoms with Crippen LogP contribution >= 0.6 is 0 Å². The van der Waals surface area contributed by atoms with Gasteiger partial charge in [0.1, 0.15) is 17.0 Å². The molecule has 0 aliphatic carbocycles. The van der Waals surface area contributed by atoms with Gasteiger partial charge >= 0.3 is 12.2 Å². The number of ketones is 1. The number of rotatable bonds is 2. The first-order valence-corrected chi connectivity index (χ1v) is 17.1. The van der Waals surface area contributed by atoms with E-state index in [1.807, 2.05) is 46.4 Å². The van der Waals surface area contributed by atoms with Crippen LogP contribution in [-0.4, -0.2) is 139 Å². The van der Waals surface area contributed by atoms with Crippen LogP contribution in [0, 0.1) is 0 Å². The Morgan fingerprint density at radius 3 is 1.38 bits per heavy atom. The van der Waals surface area contributed by atoms with Crippen molar-refractivity contribution < 1.29 is 23.9 Å². The third kappa shape index (κ3) is 24.0. The van der Waals surface area contributed by atoms with Crippen LogP contribution in [0.1, 0.15) is 102 Å². The molecule has 0 radical (unpaired) electrons. The summed E-state index contributed by atoms with van der Waals surface area (Å²) in [5.41, 5.74) is -0.794. The molecule has 2 N–H and O–H groups in total. The third-order valence-corrected chi connectivity index (χ3v) is 7.01. The first-order valence-electron chi connectivity index (χ1n) is 17.1. The summed E-state index contributed by atoms with van der Waals surface area (Å²) < 4.78 is 10.7. The quantitative estimate of drug-likeness (QED) is 0.438. The minimum absolute atomic E-state index is 0.167. The number of hydrogen-bond acceptors (Lipinski definition) is 9. The van der Waals surface area contributed by atoms with Gasteiger partial charge in [0.25, 0.3) is 0 Å². The Labute approximate surface area is 276 Å². The van der Waals surface area contributed by atoms with Crippen molar-refractivity contribution in [2.24, 2.45) is 0 Å². The average molecular weight is 643 g/mol. The fraction of sp³-hybridized carbons (Fsp3) is 0.912. The number of carbonyl (C=O) groups excluding carboxylic acids is 3. The van der Waals surface area contributed by atoms with Crippen molar-refractivity contribution in [3.63, 3.8) is 0 Å². The molecule has 0 aromatic carbocycles. The van der Waals surface area contributed by atoms with E-state index in [9.17, 15) is 14.4 Å². The number of nitrogens with one attached hydrogen (secondary N) is 2. The summed E-state index contributed by atoms with van der Waals surface area (Å²) in [6.07, 6.45) is 2.96. The van der Waals surface area contributed by atoms with Gasteiger partial charge in [-0.1, -0.05) is 0 Å². The molecule has 3 aliphatic heterocycles. The van der Waals surface area contributed by atoms with Gasteiger partial charge in [-0.3, -0.25) is 9.80 Å². The van der Waals surface area contributed by atoms with Gasteiger partial charge in [-0.05, 0) is 122 Å². The summed E-state index contributed by atoms with van der Waals surface area (Å²) in [4.78, 5) is 41.5. The summed E-state index contributed by atoms with van der Waals surface area (Å²) in [7, 11) is 0. The largest absolute Gasteiger partial charge is 0.444 e. The van der Waals surface area contributed by atoms with Gasteiger partial charge in [0, 0.05) is 71.0 Å². The smallest absolute Gasteiger partial charge is 0.410 e. The van der Waals surface area contributed by atoms with Crippen LogP contribution in [0.15, 0.2) is 0 Å². The Bertz CT molecular complexity index is 805. The van der Waals surface area contributed by atoms with Gasteiger partial charge in [-0.15, -0.1) is 0 Å². The van der Waals surface area contributed by atoms with Gasteiger partial charge < -0.3 is 34.7 Å².